The van der Waals surface area contributed by atoms with Gasteiger partial charge in [-0.1, -0.05) is 29.3 Å². The minimum absolute atomic E-state index is 0.144. The van der Waals surface area contributed by atoms with Gasteiger partial charge in [-0.15, -0.1) is 0 Å². The molecule has 0 bridgehead atoms. The summed E-state index contributed by atoms with van der Waals surface area (Å²) in [6.45, 7) is 1.77. The molecule has 1 rings (SSSR count). The van der Waals surface area contributed by atoms with E-state index in [4.69, 9.17) is 33.7 Å². The summed E-state index contributed by atoms with van der Waals surface area (Å²) >= 11 is 11.8. The van der Waals surface area contributed by atoms with Gasteiger partial charge in [-0.2, -0.15) is 0 Å². The lowest BCUT2D eigenvalue weighted by Crippen LogP contribution is -2.30. The minimum Gasteiger partial charge on any atom is -0.465 e. The van der Waals surface area contributed by atoms with Crippen molar-refractivity contribution in [3.63, 3.8) is 0 Å². The van der Waals surface area contributed by atoms with Gasteiger partial charge >= 0.3 is 5.97 Å². The molecular formula is C11H11Cl2NO3. The summed E-state index contributed by atoms with van der Waals surface area (Å²) in [7, 11) is 0. The van der Waals surface area contributed by atoms with E-state index in [0.29, 0.717) is 0 Å². The molecule has 0 aliphatic carbocycles. The van der Waals surface area contributed by atoms with Crippen molar-refractivity contribution in [3.8, 4) is 0 Å². The standard InChI is InChI=1S/C11H11Cl2NO3/c1-2-17-11(16)9(10(14)15)8-6(12)4-3-5-7(8)13/h3-5,9H,2H2,1H3,(H2,14,15). The number of halogens is 2. The highest BCUT2D eigenvalue weighted by molar-refractivity contribution is 6.37. The number of esters is 1. The van der Waals surface area contributed by atoms with Crippen LogP contribution < -0.4 is 5.73 Å². The molecule has 1 atom stereocenters. The lowest BCUT2D eigenvalue weighted by atomic mass is 9.98. The van der Waals surface area contributed by atoms with E-state index in [-0.39, 0.29) is 22.2 Å². The molecule has 17 heavy (non-hydrogen) atoms. The molecule has 1 aromatic rings. The average Bonchev–Trinajstić information content (AvgIpc) is 2.23. The van der Waals surface area contributed by atoms with E-state index in [2.05, 4.69) is 0 Å². The summed E-state index contributed by atoms with van der Waals surface area (Å²) in [6.07, 6.45) is 0. The molecule has 0 fully saturated rings. The van der Waals surface area contributed by atoms with Gasteiger partial charge in [0.25, 0.3) is 0 Å². The van der Waals surface area contributed by atoms with Gasteiger partial charge in [0.1, 0.15) is 0 Å². The minimum atomic E-state index is -1.28. The normalized spacial score (nSPS) is 11.9. The zero-order chi connectivity index (χ0) is 13.0. The van der Waals surface area contributed by atoms with Crippen LogP contribution in [-0.2, 0) is 14.3 Å². The van der Waals surface area contributed by atoms with Crippen molar-refractivity contribution in [2.45, 2.75) is 12.8 Å². The van der Waals surface area contributed by atoms with E-state index in [9.17, 15) is 9.59 Å². The molecule has 92 valence electrons. The Balaban J connectivity index is 3.23. The summed E-state index contributed by atoms with van der Waals surface area (Å²) in [4.78, 5) is 23.0. The Kier molecular flexibility index (Phi) is 4.78. The Labute approximate surface area is 109 Å². The van der Waals surface area contributed by atoms with E-state index in [0.717, 1.165) is 0 Å². The van der Waals surface area contributed by atoms with Crippen molar-refractivity contribution in [2.75, 3.05) is 6.61 Å². The van der Waals surface area contributed by atoms with Crippen LogP contribution in [0.2, 0.25) is 10.0 Å². The lowest BCUT2D eigenvalue weighted by Gasteiger charge is -2.15. The molecular weight excluding hydrogens is 265 g/mol. The number of rotatable bonds is 4. The highest BCUT2D eigenvalue weighted by atomic mass is 35.5. The number of nitrogens with two attached hydrogens (primary N) is 1. The first-order valence-corrected chi connectivity index (χ1v) is 5.64. The van der Waals surface area contributed by atoms with Crippen molar-refractivity contribution in [2.24, 2.45) is 5.73 Å². The van der Waals surface area contributed by atoms with Crippen LogP contribution in [0.3, 0.4) is 0 Å². The third-order valence-corrected chi connectivity index (χ3v) is 2.75. The molecule has 1 amide bonds. The fourth-order valence-corrected chi connectivity index (χ4v) is 2.00. The quantitative estimate of drug-likeness (QED) is 0.676. The molecule has 1 unspecified atom stereocenters. The van der Waals surface area contributed by atoms with Gasteiger partial charge < -0.3 is 10.5 Å². The van der Waals surface area contributed by atoms with E-state index < -0.39 is 17.8 Å². The largest absolute Gasteiger partial charge is 0.465 e. The number of primary amides is 1. The van der Waals surface area contributed by atoms with E-state index >= 15 is 0 Å². The Hall–Kier alpha value is -1.26. The van der Waals surface area contributed by atoms with Crippen molar-refractivity contribution in [3.05, 3.63) is 33.8 Å². The summed E-state index contributed by atoms with van der Waals surface area (Å²) in [6, 6.07) is 4.66. The van der Waals surface area contributed by atoms with Crippen LogP contribution in [-0.4, -0.2) is 18.5 Å². The molecule has 0 aromatic heterocycles. The van der Waals surface area contributed by atoms with Gasteiger partial charge in [-0.3, -0.25) is 9.59 Å². The monoisotopic (exact) mass is 275 g/mol. The number of benzene rings is 1. The number of hydrogen-bond donors (Lipinski definition) is 1. The molecule has 0 aliphatic rings. The first-order chi connectivity index (χ1) is 7.99. The third-order valence-electron chi connectivity index (χ3n) is 2.10. The molecule has 0 saturated heterocycles. The summed E-state index contributed by atoms with van der Waals surface area (Å²) in [5.74, 6) is -2.88. The maximum absolute atomic E-state index is 11.6. The van der Waals surface area contributed by atoms with Crippen LogP contribution in [0.15, 0.2) is 18.2 Å². The van der Waals surface area contributed by atoms with Gasteiger partial charge in [0, 0.05) is 15.6 Å². The second-order valence-corrected chi connectivity index (χ2v) is 4.04. The fraction of sp³-hybridized carbons (Fsp3) is 0.273. The molecule has 4 nitrogen and oxygen atoms in total. The lowest BCUT2D eigenvalue weighted by molar-refractivity contribution is -0.147. The number of ether oxygens (including phenoxy) is 1. The maximum atomic E-state index is 11.6. The molecule has 0 aliphatic heterocycles. The highest BCUT2D eigenvalue weighted by Gasteiger charge is 2.31. The average molecular weight is 276 g/mol. The van der Waals surface area contributed by atoms with E-state index in [1.807, 2.05) is 0 Å². The van der Waals surface area contributed by atoms with Gasteiger partial charge in [0.15, 0.2) is 5.92 Å². The van der Waals surface area contributed by atoms with E-state index in [1.54, 1.807) is 13.0 Å². The molecule has 0 spiro atoms. The van der Waals surface area contributed by atoms with Crippen LogP contribution in [0.4, 0.5) is 0 Å². The zero-order valence-corrected chi connectivity index (χ0v) is 10.6. The number of amides is 1. The van der Waals surface area contributed by atoms with Crippen molar-refractivity contribution < 1.29 is 14.3 Å². The second-order valence-electron chi connectivity index (χ2n) is 3.22. The number of hydrogen-bond acceptors (Lipinski definition) is 3. The molecule has 0 saturated carbocycles. The van der Waals surface area contributed by atoms with Crippen LogP contribution in [0.25, 0.3) is 0 Å². The van der Waals surface area contributed by atoms with Crippen molar-refractivity contribution in [1.82, 2.24) is 0 Å². The topological polar surface area (TPSA) is 69.4 Å². The number of carbonyl (C=O) groups excluding carboxylic acids is 2. The molecule has 6 heteroatoms. The SMILES string of the molecule is CCOC(=O)C(C(N)=O)c1c(Cl)cccc1Cl. The third kappa shape index (κ3) is 3.11. The molecule has 0 heterocycles. The van der Waals surface area contributed by atoms with Crippen LogP contribution in [0.1, 0.15) is 18.4 Å². The summed E-state index contributed by atoms with van der Waals surface area (Å²) < 4.78 is 4.77. The fourth-order valence-electron chi connectivity index (χ4n) is 1.39. The van der Waals surface area contributed by atoms with Crippen LogP contribution >= 0.6 is 23.2 Å². The molecule has 0 radical (unpaired) electrons. The van der Waals surface area contributed by atoms with Crippen LogP contribution in [0.5, 0.6) is 0 Å². The van der Waals surface area contributed by atoms with E-state index in [1.165, 1.54) is 12.1 Å². The predicted molar refractivity (Wildman–Crippen MR) is 65.0 cm³/mol. The van der Waals surface area contributed by atoms with Crippen molar-refractivity contribution >= 4 is 35.1 Å². The first-order valence-electron chi connectivity index (χ1n) is 4.88. The Bertz CT molecular complexity index is 428. The first kappa shape index (κ1) is 13.8. The van der Waals surface area contributed by atoms with Crippen LogP contribution in [0, 0.1) is 0 Å². The summed E-state index contributed by atoms with van der Waals surface area (Å²) in [5.41, 5.74) is 5.36. The molecule has 2 N–H and O–H groups in total. The Morgan fingerprint density at radius 2 is 1.88 bits per heavy atom. The van der Waals surface area contributed by atoms with Gasteiger partial charge in [0.05, 0.1) is 6.61 Å². The smallest absolute Gasteiger partial charge is 0.323 e. The Morgan fingerprint density at radius 3 is 2.29 bits per heavy atom. The highest BCUT2D eigenvalue weighted by Crippen LogP contribution is 2.32. The second kappa shape index (κ2) is 5.89. The number of carbonyl (C=O) groups is 2. The summed E-state index contributed by atoms with van der Waals surface area (Å²) in [5, 5.41) is 0.406. The van der Waals surface area contributed by atoms with Gasteiger partial charge in [0.2, 0.25) is 5.91 Å². The zero-order valence-electron chi connectivity index (χ0n) is 9.07. The van der Waals surface area contributed by atoms with Crippen molar-refractivity contribution in [1.29, 1.82) is 0 Å². The molecule has 1 aromatic carbocycles. The predicted octanol–water partition coefficient (Wildman–Crippen LogP) is 2.13. The Morgan fingerprint density at radius 1 is 1.35 bits per heavy atom. The maximum Gasteiger partial charge on any atom is 0.323 e. The van der Waals surface area contributed by atoms with Gasteiger partial charge in [-0.25, -0.2) is 0 Å². The van der Waals surface area contributed by atoms with Gasteiger partial charge in [-0.05, 0) is 19.1 Å².